The number of halogens is 3. The largest absolute Gasteiger partial charge is 0.416 e. The van der Waals surface area contributed by atoms with Crippen molar-refractivity contribution in [3.05, 3.63) is 65.5 Å². The van der Waals surface area contributed by atoms with Gasteiger partial charge in [0.15, 0.2) is 0 Å². The first-order valence-electron chi connectivity index (χ1n) is 5.96. The van der Waals surface area contributed by atoms with Crippen molar-refractivity contribution in [2.45, 2.75) is 12.8 Å². The van der Waals surface area contributed by atoms with Gasteiger partial charge in [-0.25, -0.2) is 5.48 Å². The van der Waals surface area contributed by atoms with Crippen LogP contribution in [0.15, 0.2) is 48.7 Å². The van der Waals surface area contributed by atoms with E-state index in [4.69, 9.17) is 4.84 Å². The molecule has 0 spiro atoms. The Morgan fingerprint density at radius 2 is 2.00 bits per heavy atom. The summed E-state index contributed by atoms with van der Waals surface area (Å²) in [5.74, 6) is -0.753. The molecule has 2 rings (SSSR count). The summed E-state index contributed by atoms with van der Waals surface area (Å²) in [6.45, 7) is 0.0194. The first-order chi connectivity index (χ1) is 9.97. The molecule has 0 saturated carbocycles. The highest BCUT2D eigenvalue weighted by molar-refractivity contribution is 5.93. The van der Waals surface area contributed by atoms with E-state index in [9.17, 15) is 18.0 Å². The van der Waals surface area contributed by atoms with Crippen molar-refractivity contribution in [3.63, 3.8) is 0 Å². The van der Waals surface area contributed by atoms with E-state index in [-0.39, 0.29) is 12.2 Å². The molecule has 21 heavy (non-hydrogen) atoms. The SMILES string of the molecule is O=C(NOCc1ccccn1)c1cccc(C(F)(F)F)c1. The van der Waals surface area contributed by atoms with E-state index in [1.807, 2.05) is 0 Å². The molecule has 0 unspecified atom stereocenters. The number of amides is 1. The van der Waals surface area contributed by atoms with Gasteiger partial charge < -0.3 is 0 Å². The van der Waals surface area contributed by atoms with Crippen LogP contribution in [-0.2, 0) is 17.6 Å². The normalized spacial score (nSPS) is 11.2. The Balaban J connectivity index is 1.95. The van der Waals surface area contributed by atoms with Crippen molar-refractivity contribution in [2.75, 3.05) is 0 Å². The summed E-state index contributed by atoms with van der Waals surface area (Å²) in [6.07, 6.45) is -2.93. The van der Waals surface area contributed by atoms with Gasteiger partial charge in [-0.3, -0.25) is 14.6 Å². The lowest BCUT2D eigenvalue weighted by molar-refractivity contribution is -0.137. The number of hydrogen-bond acceptors (Lipinski definition) is 3. The molecule has 0 atom stereocenters. The topological polar surface area (TPSA) is 51.2 Å². The van der Waals surface area contributed by atoms with Gasteiger partial charge in [0.25, 0.3) is 5.91 Å². The Hall–Kier alpha value is -2.41. The lowest BCUT2D eigenvalue weighted by Gasteiger charge is -2.09. The maximum Gasteiger partial charge on any atom is 0.416 e. The van der Waals surface area contributed by atoms with Crippen LogP contribution in [0, 0.1) is 0 Å². The molecule has 0 aliphatic rings. The number of nitrogens with zero attached hydrogens (tertiary/aromatic N) is 1. The summed E-state index contributed by atoms with van der Waals surface area (Å²) in [6, 6.07) is 9.26. The first-order valence-corrected chi connectivity index (χ1v) is 5.96. The Morgan fingerprint density at radius 1 is 1.19 bits per heavy atom. The van der Waals surface area contributed by atoms with Crippen LogP contribution >= 0.6 is 0 Å². The fourth-order valence-corrected chi connectivity index (χ4v) is 1.55. The van der Waals surface area contributed by atoms with Crippen LogP contribution in [0.5, 0.6) is 0 Å². The minimum atomic E-state index is -4.49. The van der Waals surface area contributed by atoms with Gasteiger partial charge in [-0.1, -0.05) is 12.1 Å². The van der Waals surface area contributed by atoms with Gasteiger partial charge in [0.2, 0.25) is 0 Å². The number of nitrogens with one attached hydrogen (secondary N) is 1. The minimum absolute atomic E-state index is 0.0194. The molecule has 0 bridgehead atoms. The highest BCUT2D eigenvalue weighted by atomic mass is 19.4. The molecule has 7 heteroatoms. The van der Waals surface area contributed by atoms with Crippen molar-refractivity contribution in [1.82, 2.24) is 10.5 Å². The van der Waals surface area contributed by atoms with Crippen LogP contribution in [0.25, 0.3) is 0 Å². The second kappa shape index (κ2) is 6.36. The standard InChI is InChI=1S/C14H11F3N2O2/c15-14(16,17)11-5-3-4-10(8-11)13(20)19-21-9-12-6-1-2-7-18-12/h1-8H,9H2,(H,19,20). The summed E-state index contributed by atoms with van der Waals surface area (Å²) in [4.78, 5) is 20.6. The molecular formula is C14H11F3N2O2. The average Bonchev–Trinajstić information content (AvgIpc) is 2.47. The summed E-state index contributed by atoms with van der Waals surface area (Å²) >= 11 is 0. The Morgan fingerprint density at radius 3 is 2.67 bits per heavy atom. The lowest BCUT2D eigenvalue weighted by atomic mass is 10.1. The van der Waals surface area contributed by atoms with Gasteiger partial charge in [-0.15, -0.1) is 0 Å². The third-order valence-corrected chi connectivity index (χ3v) is 2.56. The zero-order valence-electron chi connectivity index (χ0n) is 10.7. The fourth-order valence-electron chi connectivity index (χ4n) is 1.55. The van der Waals surface area contributed by atoms with Gasteiger partial charge in [0, 0.05) is 11.8 Å². The predicted molar refractivity (Wildman–Crippen MR) is 67.9 cm³/mol. The Labute approximate surface area is 118 Å². The average molecular weight is 296 g/mol. The molecule has 1 amide bonds. The van der Waals surface area contributed by atoms with Crippen molar-refractivity contribution in [1.29, 1.82) is 0 Å². The maximum atomic E-state index is 12.5. The first kappa shape index (κ1) is 15.0. The van der Waals surface area contributed by atoms with Crippen LogP contribution in [0.3, 0.4) is 0 Å². The molecule has 110 valence electrons. The molecule has 1 heterocycles. The monoisotopic (exact) mass is 296 g/mol. The molecule has 4 nitrogen and oxygen atoms in total. The predicted octanol–water partition coefficient (Wildman–Crippen LogP) is 2.96. The fraction of sp³-hybridized carbons (Fsp3) is 0.143. The highest BCUT2D eigenvalue weighted by Gasteiger charge is 2.30. The van der Waals surface area contributed by atoms with Crippen molar-refractivity contribution in [3.8, 4) is 0 Å². The van der Waals surface area contributed by atoms with Crippen molar-refractivity contribution in [2.24, 2.45) is 0 Å². The zero-order chi connectivity index (χ0) is 15.3. The van der Waals surface area contributed by atoms with Gasteiger partial charge in [-0.05, 0) is 30.3 Å². The number of alkyl halides is 3. The van der Waals surface area contributed by atoms with Gasteiger partial charge >= 0.3 is 6.18 Å². The van der Waals surface area contributed by atoms with Crippen LogP contribution in [0.2, 0.25) is 0 Å². The number of carbonyl (C=O) groups is 1. The number of hydrogen-bond donors (Lipinski definition) is 1. The minimum Gasteiger partial charge on any atom is -0.267 e. The molecule has 0 radical (unpaired) electrons. The summed E-state index contributed by atoms with van der Waals surface area (Å²) in [7, 11) is 0. The van der Waals surface area contributed by atoms with E-state index in [1.54, 1.807) is 24.4 Å². The summed E-state index contributed by atoms with van der Waals surface area (Å²) in [5.41, 5.74) is 1.64. The number of aromatic nitrogens is 1. The molecule has 0 fully saturated rings. The molecule has 2 aromatic rings. The maximum absolute atomic E-state index is 12.5. The number of pyridine rings is 1. The molecule has 0 saturated heterocycles. The molecule has 1 aromatic carbocycles. The lowest BCUT2D eigenvalue weighted by Crippen LogP contribution is -2.24. The van der Waals surface area contributed by atoms with E-state index in [0.29, 0.717) is 5.69 Å². The van der Waals surface area contributed by atoms with Crippen molar-refractivity contribution < 1.29 is 22.8 Å². The molecular weight excluding hydrogens is 285 g/mol. The van der Waals surface area contributed by atoms with Crippen LogP contribution in [0.4, 0.5) is 13.2 Å². The Kier molecular flexibility index (Phi) is 4.54. The zero-order valence-corrected chi connectivity index (χ0v) is 10.7. The van der Waals surface area contributed by atoms with Crippen LogP contribution in [0.1, 0.15) is 21.6 Å². The Bertz CT molecular complexity index is 615. The van der Waals surface area contributed by atoms with E-state index < -0.39 is 17.6 Å². The van der Waals surface area contributed by atoms with Gasteiger partial charge in [0.05, 0.1) is 11.3 Å². The summed E-state index contributed by atoms with van der Waals surface area (Å²) < 4.78 is 37.6. The highest BCUT2D eigenvalue weighted by Crippen LogP contribution is 2.29. The molecule has 0 aliphatic heterocycles. The number of hydroxylamine groups is 1. The molecule has 1 aromatic heterocycles. The quantitative estimate of drug-likeness (QED) is 0.883. The van der Waals surface area contributed by atoms with E-state index in [0.717, 1.165) is 18.2 Å². The number of rotatable bonds is 4. The number of benzene rings is 1. The van der Waals surface area contributed by atoms with E-state index in [1.165, 1.54) is 6.07 Å². The van der Waals surface area contributed by atoms with Crippen LogP contribution < -0.4 is 5.48 Å². The van der Waals surface area contributed by atoms with Crippen molar-refractivity contribution >= 4 is 5.91 Å². The van der Waals surface area contributed by atoms with Gasteiger partial charge in [-0.2, -0.15) is 13.2 Å². The van der Waals surface area contributed by atoms with Crippen LogP contribution in [-0.4, -0.2) is 10.9 Å². The molecule has 1 N–H and O–H groups in total. The van der Waals surface area contributed by atoms with Gasteiger partial charge in [0.1, 0.15) is 6.61 Å². The number of carbonyl (C=O) groups excluding carboxylic acids is 1. The smallest absolute Gasteiger partial charge is 0.267 e. The summed E-state index contributed by atoms with van der Waals surface area (Å²) in [5, 5.41) is 0. The van der Waals surface area contributed by atoms with E-state index >= 15 is 0 Å². The van der Waals surface area contributed by atoms with E-state index in [2.05, 4.69) is 10.5 Å². The second-order valence-corrected chi connectivity index (χ2v) is 4.12. The third kappa shape index (κ3) is 4.28. The third-order valence-electron chi connectivity index (χ3n) is 2.56. The second-order valence-electron chi connectivity index (χ2n) is 4.12. The molecule has 0 aliphatic carbocycles.